The van der Waals surface area contributed by atoms with Gasteiger partial charge in [-0.2, -0.15) is 17.5 Å². The van der Waals surface area contributed by atoms with E-state index >= 15 is 0 Å². The van der Waals surface area contributed by atoms with E-state index in [1.165, 1.54) is 52.8 Å². The smallest absolute Gasteiger partial charge is 0.322 e. The highest BCUT2D eigenvalue weighted by Crippen LogP contribution is 2.33. The van der Waals surface area contributed by atoms with Crippen molar-refractivity contribution in [1.82, 2.24) is 9.21 Å². The van der Waals surface area contributed by atoms with Gasteiger partial charge in [-0.25, -0.2) is 8.42 Å². The van der Waals surface area contributed by atoms with Gasteiger partial charge in [-0.05, 0) is 36.9 Å². The zero-order valence-electron chi connectivity index (χ0n) is 16.8. The SMILES string of the molecule is CN1CCN(S(=O)(=O)c2ccc(NC(=O)/C=C(/c3ccccc3)C(F)(F)F)cc2)CC1. The Hall–Kier alpha value is -2.69. The molecule has 2 aromatic carbocycles. The van der Waals surface area contributed by atoms with Crippen molar-refractivity contribution >= 4 is 27.2 Å². The van der Waals surface area contributed by atoms with Crippen molar-refractivity contribution in [2.75, 3.05) is 38.5 Å². The van der Waals surface area contributed by atoms with Crippen molar-refractivity contribution in [3.63, 3.8) is 0 Å². The summed E-state index contributed by atoms with van der Waals surface area (Å²) in [6, 6.07) is 12.4. The molecular formula is C21H22F3N3O3S. The second-order valence-corrected chi connectivity index (χ2v) is 9.08. The number of amides is 1. The molecule has 1 amide bonds. The van der Waals surface area contributed by atoms with E-state index in [1.54, 1.807) is 6.07 Å². The van der Waals surface area contributed by atoms with E-state index in [0.29, 0.717) is 32.3 Å². The normalized spacial score (nSPS) is 16.8. The van der Waals surface area contributed by atoms with E-state index in [2.05, 4.69) is 5.32 Å². The summed E-state index contributed by atoms with van der Waals surface area (Å²) in [6.07, 6.45) is -4.22. The molecule has 31 heavy (non-hydrogen) atoms. The molecule has 6 nitrogen and oxygen atoms in total. The molecule has 2 aromatic rings. The van der Waals surface area contributed by atoms with Gasteiger partial charge in [0.1, 0.15) is 0 Å². The van der Waals surface area contributed by atoms with Crippen LogP contribution in [0.1, 0.15) is 5.56 Å². The number of alkyl halides is 3. The largest absolute Gasteiger partial charge is 0.417 e. The number of sulfonamides is 1. The quantitative estimate of drug-likeness (QED) is 0.706. The minimum absolute atomic E-state index is 0.0610. The molecule has 0 aromatic heterocycles. The van der Waals surface area contributed by atoms with Gasteiger partial charge in [0.2, 0.25) is 15.9 Å². The van der Waals surface area contributed by atoms with Gasteiger partial charge in [0, 0.05) is 37.9 Å². The number of piperazine rings is 1. The maximum atomic E-state index is 13.4. The summed E-state index contributed by atoms with van der Waals surface area (Å²) < 4.78 is 66.9. The minimum Gasteiger partial charge on any atom is -0.322 e. The lowest BCUT2D eigenvalue weighted by molar-refractivity contribution is -0.112. The summed E-state index contributed by atoms with van der Waals surface area (Å²) in [6.45, 7) is 2.01. The van der Waals surface area contributed by atoms with Crippen LogP contribution < -0.4 is 5.32 Å². The van der Waals surface area contributed by atoms with Crippen LogP contribution in [-0.2, 0) is 14.8 Å². The lowest BCUT2D eigenvalue weighted by Crippen LogP contribution is -2.46. The number of benzene rings is 2. The Morgan fingerprint density at radius 1 is 0.968 bits per heavy atom. The molecule has 0 bridgehead atoms. The third-order valence-electron chi connectivity index (χ3n) is 4.89. The fraction of sp³-hybridized carbons (Fsp3) is 0.286. The Bertz CT molecular complexity index is 1040. The van der Waals surface area contributed by atoms with Crippen molar-refractivity contribution in [2.45, 2.75) is 11.1 Å². The van der Waals surface area contributed by atoms with Crippen LogP contribution in [0.5, 0.6) is 0 Å². The number of hydrogen-bond donors (Lipinski definition) is 1. The first-order valence-corrected chi connectivity index (χ1v) is 11.0. The number of carbonyl (C=O) groups excluding carboxylic acids is 1. The minimum atomic E-state index is -4.71. The first kappa shape index (κ1) is 23.0. The van der Waals surface area contributed by atoms with Crippen LogP contribution in [0.4, 0.5) is 18.9 Å². The second kappa shape index (κ2) is 9.21. The van der Waals surface area contributed by atoms with E-state index in [1.807, 2.05) is 11.9 Å². The topological polar surface area (TPSA) is 69.7 Å². The predicted octanol–water partition coefficient (Wildman–Crippen LogP) is 3.21. The molecule has 10 heteroatoms. The average molecular weight is 453 g/mol. The number of anilines is 1. The number of halogens is 3. The lowest BCUT2D eigenvalue weighted by atomic mass is 10.1. The summed E-state index contributed by atoms with van der Waals surface area (Å²) in [5.74, 6) is -0.967. The Morgan fingerprint density at radius 2 is 1.55 bits per heavy atom. The van der Waals surface area contributed by atoms with Gasteiger partial charge in [0.25, 0.3) is 0 Å². The number of allylic oxidation sites excluding steroid dienone is 1. The number of rotatable bonds is 5. The first-order valence-electron chi connectivity index (χ1n) is 9.51. The zero-order chi connectivity index (χ0) is 22.6. The number of carbonyl (C=O) groups is 1. The Balaban J connectivity index is 1.74. The molecule has 0 saturated carbocycles. The number of nitrogens with zero attached hydrogens (tertiary/aromatic N) is 2. The van der Waals surface area contributed by atoms with Gasteiger partial charge >= 0.3 is 6.18 Å². The van der Waals surface area contributed by atoms with Crippen molar-refractivity contribution < 1.29 is 26.4 Å². The summed E-state index contributed by atoms with van der Waals surface area (Å²) in [5, 5.41) is 2.35. The van der Waals surface area contributed by atoms with Crippen LogP contribution in [0.25, 0.3) is 5.57 Å². The van der Waals surface area contributed by atoms with Gasteiger partial charge in [-0.15, -0.1) is 0 Å². The zero-order valence-corrected chi connectivity index (χ0v) is 17.6. The van der Waals surface area contributed by atoms with Crippen LogP contribution in [-0.4, -0.2) is 62.9 Å². The average Bonchev–Trinajstić information content (AvgIpc) is 2.72. The third kappa shape index (κ3) is 5.72. The molecule has 1 saturated heterocycles. The predicted molar refractivity (Wildman–Crippen MR) is 112 cm³/mol. The molecule has 0 unspecified atom stereocenters. The fourth-order valence-electron chi connectivity index (χ4n) is 3.14. The van der Waals surface area contributed by atoms with Gasteiger partial charge in [0.05, 0.1) is 10.5 Å². The van der Waals surface area contributed by atoms with Gasteiger partial charge in [-0.3, -0.25) is 4.79 Å². The Morgan fingerprint density at radius 3 is 2.10 bits per heavy atom. The van der Waals surface area contributed by atoms with Crippen molar-refractivity contribution in [3.8, 4) is 0 Å². The van der Waals surface area contributed by atoms with Crippen molar-refractivity contribution in [3.05, 3.63) is 66.2 Å². The van der Waals surface area contributed by atoms with E-state index in [0.717, 1.165) is 0 Å². The number of nitrogens with one attached hydrogen (secondary N) is 1. The lowest BCUT2D eigenvalue weighted by Gasteiger charge is -2.31. The summed E-state index contributed by atoms with van der Waals surface area (Å²) in [4.78, 5) is 14.3. The summed E-state index contributed by atoms with van der Waals surface area (Å²) in [5.41, 5.74) is -1.01. The standard InChI is InChI=1S/C21H22F3N3O3S/c1-26-11-13-27(14-12-26)31(29,30)18-9-7-17(8-10-18)25-20(28)15-19(21(22,23)24)16-5-3-2-4-6-16/h2-10,15H,11-14H2,1H3,(H,25,28)/b19-15-. The molecule has 0 aliphatic carbocycles. The Kier molecular flexibility index (Phi) is 6.83. The monoisotopic (exact) mass is 453 g/mol. The van der Waals surface area contributed by atoms with Crippen LogP contribution in [0.3, 0.4) is 0 Å². The molecule has 1 aliphatic rings. The van der Waals surface area contributed by atoms with E-state index in [-0.39, 0.29) is 16.1 Å². The van der Waals surface area contributed by atoms with Gasteiger partial charge < -0.3 is 10.2 Å². The molecule has 1 heterocycles. The molecule has 1 N–H and O–H groups in total. The van der Waals surface area contributed by atoms with E-state index in [9.17, 15) is 26.4 Å². The maximum Gasteiger partial charge on any atom is 0.417 e. The first-order chi connectivity index (χ1) is 14.6. The molecule has 1 fully saturated rings. The number of hydrogen-bond acceptors (Lipinski definition) is 4. The van der Waals surface area contributed by atoms with Crippen LogP contribution in [0.2, 0.25) is 0 Å². The highest BCUT2D eigenvalue weighted by molar-refractivity contribution is 7.89. The van der Waals surface area contributed by atoms with Crippen molar-refractivity contribution in [2.24, 2.45) is 0 Å². The second-order valence-electron chi connectivity index (χ2n) is 7.14. The highest BCUT2D eigenvalue weighted by Gasteiger charge is 2.35. The van der Waals surface area contributed by atoms with Gasteiger partial charge in [0.15, 0.2) is 0 Å². The molecule has 3 rings (SSSR count). The van der Waals surface area contributed by atoms with E-state index < -0.39 is 27.7 Å². The Labute approximate surface area is 179 Å². The molecule has 0 spiro atoms. The van der Waals surface area contributed by atoms with Crippen LogP contribution in [0, 0.1) is 0 Å². The molecule has 0 atom stereocenters. The molecule has 0 radical (unpaired) electrons. The van der Waals surface area contributed by atoms with Crippen molar-refractivity contribution in [1.29, 1.82) is 0 Å². The molecule has 1 aliphatic heterocycles. The van der Waals surface area contributed by atoms with Gasteiger partial charge in [-0.1, -0.05) is 30.3 Å². The fourth-order valence-corrected chi connectivity index (χ4v) is 4.57. The molecular weight excluding hydrogens is 431 g/mol. The molecule has 166 valence electrons. The van der Waals surface area contributed by atoms with Crippen LogP contribution in [0.15, 0.2) is 65.6 Å². The van der Waals surface area contributed by atoms with Crippen LogP contribution >= 0.6 is 0 Å². The summed E-state index contributed by atoms with van der Waals surface area (Å²) >= 11 is 0. The third-order valence-corrected chi connectivity index (χ3v) is 6.80. The summed E-state index contributed by atoms with van der Waals surface area (Å²) in [7, 11) is -1.76. The highest BCUT2D eigenvalue weighted by atomic mass is 32.2. The van der Waals surface area contributed by atoms with E-state index in [4.69, 9.17) is 0 Å². The maximum absolute atomic E-state index is 13.4. The number of likely N-dealkylation sites (N-methyl/N-ethyl adjacent to an activating group) is 1.